The third-order valence-corrected chi connectivity index (χ3v) is 17.7. The number of ether oxygens (including phenoxy) is 4. The van der Waals surface area contributed by atoms with Crippen LogP contribution in [0.25, 0.3) is 0 Å². The molecule has 2 aliphatic rings. The number of rotatable bonds is 61. The summed E-state index contributed by atoms with van der Waals surface area (Å²) in [6, 6.07) is -0.944. The first-order chi connectivity index (χ1) is 46.1. The fourth-order valence-corrected chi connectivity index (χ4v) is 11.7. The highest BCUT2D eigenvalue weighted by Crippen LogP contribution is 2.30. The summed E-state index contributed by atoms with van der Waals surface area (Å²) >= 11 is 0. The highest BCUT2D eigenvalue weighted by Gasteiger charge is 2.51. The average Bonchev–Trinajstić information content (AvgIpc) is 0.794. The molecule has 1 amide bonds. The van der Waals surface area contributed by atoms with Crippen LogP contribution >= 0.6 is 0 Å². The summed E-state index contributed by atoms with van der Waals surface area (Å²) in [6.07, 6.45) is 75.4. The van der Waals surface area contributed by atoms with Crippen molar-refractivity contribution in [1.82, 2.24) is 5.32 Å². The maximum Gasteiger partial charge on any atom is 0.220 e. The second-order valence-corrected chi connectivity index (χ2v) is 26.0. The number of hydrogen-bond donors (Lipinski definition) is 9. The molecule has 540 valence electrons. The Hall–Kier alpha value is -3.61. The van der Waals surface area contributed by atoms with Gasteiger partial charge >= 0.3 is 0 Å². The van der Waals surface area contributed by atoms with E-state index < -0.39 is 86.8 Å². The van der Waals surface area contributed by atoms with Crippen LogP contribution in [0.15, 0.2) is 122 Å². The molecule has 2 fully saturated rings. The normalized spacial score (nSPS) is 23.2. The number of allylic oxidation sites excluding steroid dienone is 19. The molecule has 12 atom stereocenters. The second-order valence-electron chi connectivity index (χ2n) is 26.0. The van der Waals surface area contributed by atoms with Crippen LogP contribution in [-0.4, -0.2) is 140 Å². The van der Waals surface area contributed by atoms with Gasteiger partial charge in [-0.3, -0.25) is 4.79 Å². The van der Waals surface area contributed by atoms with Crippen LogP contribution < -0.4 is 5.32 Å². The Labute approximate surface area is 571 Å². The van der Waals surface area contributed by atoms with E-state index in [0.717, 1.165) is 96.3 Å². The largest absolute Gasteiger partial charge is 0.394 e. The Bertz CT molecular complexity index is 2040. The van der Waals surface area contributed by atoms with Gasteiger partial charge in [0.2, 0.25) is 5.91 Å². The van der Waals surface area contributed by atoms with Gasteiger partial charge in [-0.05, 0) is 89.9 Å². The zero-order chi connectivity index (χ0) is 68.0. The van der Waals surface area contributed by atoms with E-state index in [1.54, 1.807) is 6.08 Å². The second kappa shape index (κ2) is 62.9. The van der Waals surface area contributed by atoms with Gasteiger partial charge in [0.15, 0.2) is 12.6 Å². The number of hydrogen-bond acceptors (Lipinski definition) is 13. The molecule has 0 aromatic carbocycles. The summed E-state index contributed by atoms with van der Waals surface area (Å²) in [5.74, 6) is -0.273. The summed E-state index contributed by atoms with van der Waals surface area (Å²) < 4.78 is 22.9. The Balaban J connectivity index is 1.69. The molecule has 2 heterocycles. The van der Waals surface area contributed by atoms with Crippen LogP contribution in [0.2, 0.25) is 0 Å². The van der Waals surface area contributed by atoms with Gasteiger partial charge in [-0.1, -0.05) is 309 Å². The molecule has 2 aliphatic heterocycles. The van der Waals surface area contributed by atoms with Crippen LogP contribution in [0.1, 0.15) is 284 Å². The Morgan fingerprint density at radius 3 is 1.13 bits per heavy atom. The van der Waals surface area contributed by atoms with E-state index >= 15 is 0 Å². The molecule has 2 rings (SSSR count). The molecule has 14 nitrogen and oxygen atoms in total. The lowest BCUT2D eigenvalue weighted by molar-refractivity contribution is -0.359. The Kier molecular flexibility index (Phi) is 57.8. The number of carbonyl (C=O) groups excluding carboxylic acids is 1. The quantitative estimate of drug-likeness (QED) is 0.0204. The van der Waals surface area contributed by atoms with Crippen molar-refractivity contribution in [2.45, 2.75) is 357 Å². The van der Waals surface area contributed by atoms with Gasteiger partial charge in [0, 0.05) is 6.42 Å². The molecule has 0 saturated carbocycles. The van der Waals surface area contributed by atoms with E-state index in [0.29, 0.717) is 6.42 Å². The molecule has 9 N–H and O–H groups in total. The van der Waals surface area contributed by atoms with Crippen molar-refractivity contribution in [3.63, 3.8) is 0 Å². The third kappa shape index (κ3) is 45.8. The Morgan fingerprint density at radius 1 is 0.394 bits per heavy atom. The van der Waals surface area contributed by atoms with Crippen LogP contribution in [-0.2, 0) is 23.7 Å². The van der Waals surface area contributed by atoms with Crippen LogP contribution in [0, 0.1) is 0 Å². The zero-order valence-electron chi connectivity index (χ0n) is 58.9. The number of aliphatic hydroxyl groups is 8. The number of amides is 1. The van der Waals surface area contributed by atoms with E-state index in [1.165, 1.54) is 161 Å². The standard InChI is InChI=1S/C80H137NO13/c1-3-5-7-9-11-13-15-17-19-21-23-25-27-29-31-33-34-36-38-40-42-44-46-48-50-52-54-56-58-60-62-64-72(85)81-68(67-91-79-77(90)75(88)78(71(66-83)93-79)94-80-76(89)74(87)73(86)70(65-82)92-80)69(84)63-61-59-57-55-53-51-49-47-45-43-41-39-37-35-32-30-28-26-24-22-20-18-16-14-12-10-8-6-4-2/h5,7,11,13,17,19,23,25,29,31,34,36,40,42,46,48,52,54,61,63,68-71,73-80,82-84,86-90H,3-4,6,8-10,12,14-16,18,20-22,24,26-28,30,32-33,35,37-39,41,43-45,47,49-51,53,55-60,62,64-67H2,1-2H3,(H,81,85)/b7-5-,13-11-,19-17-,25-23-,31-29-,36-34-,42-40-,48-46-,54-52-,63-61+. The van der Waals surface area contributed by atoms with E-state index in [4.69, 9.17) is 18.9 Å². The minimum atomic E-state index is -1.80. The number of carbonyl (C=O) groups is 1. The fourth-order valence-electron chi connectivity index (χ4n) is 11.7. The lowest BCUT2D eigenvalue weighted by Gasteiger charge is -2.46. The molecule has 0 radical (unpaired) electrons. The number of aliphatic hydroxyl groups excluding tert-OH is 8. The highest BCUT2D eigenvalue weighted by atomic mass is 16.7. The van der Waals surface area contributed by atoms with Crippen molar-refractivity contribution >= 4 is 5.91 Å². The molecule has 12 unspecified atom stereocenters. The summed E-state index contributed by atoms with van der Waals surface area (Å²) in [7, 11) is 0. The topological polar surface area (TPSA) is 228 Å². The van der Waals surface area contributed by atoms with Gasteiger partial charge in [0.25, 0.3) is 0 Å². The van der Waals surface area contributed by atoms with Gasteiger partial charge in [-0.15, -0.1) is 0 Å². The van der Waals surface area contributed by atoms with Crippen molar-refractivity contribution in [2.75, 3.05) is 19.8 Å². The van der Waals surface area contributed by atoms with E-state index in [1.807, 2.05) is 6.08 Å². The van der Waals surface area contributed by atoms with Gasteiger partial charge in [-0.2, -0.15) is 0 Å². The number of nitrogens with one attached hydrogen (secondary N) is 1. The molecular formula is C80H137NO13. The molecule has 14 heteroatoms. The van der Waals surface area contributed by atoms with Crippen LogP contribution in [0.3, 0.4) is 0 Å². The molecule has 0 spiro atoms. The van der Waals surface area contributed by atoms with Crippen molar-refractivity contribution in [3.8, 4) is 0 Å². The average molecular weight is 1320 g/mol. The van der Waals surface area contributed by atoms with Crippen molar-refractivity contribution in [2.24, 2.45) is 0 Å². The van der Waals surface area contributed by atoms with Gasteiger partial charge in [-0.25, -0.2) is 0 Å². The first-order valence-corrected chi connectivity index (χ1v) is 37.8. The predicted octanol–water partition coefficient (Wildman–Crippen LogP) is 16.5. The van der Waals surface area contributed by atoms with Gasteiger partial charge < -0.3 is 65.1 Å². The van der Waals surface area contributed by atoms with E-state index in [-0.39, 0.29) is 18.9 Å². The van der Waals surface area contributed by atoms with Crippen LogP contribution in [0.4, 0.5) is 0 Å². The molecule has 94 heavy (non-hydrogen) atoms. The van der Waals surface area contributed by atoms with Gasteiger partial charge in [0.1, 0.15) is 48.8 Å². The molecule has 0 aromatic heterocycles. The smallest absolute Gasteiger partial charge is 0.220 e. The summed E-state index contributed by atoms with van der Waals surface area (Å²) in [5, 5.41) is 87.6. The minimum absolute atomic E-state index is 0.234. The summed E-state index contributed by atoms with van der Waals surface area (Å²) in [5.41, 5.74) is 0. The lowest BCUT2D eigenvalue weighted by atomic mass is 9.97. The first-order valence-electron chi connectivity index (χ1n) is 37.8. The minimum Gasteiger partial charge on any atom is -0.394 e. The maximum atomic E-state index is 13.3. The maximum absolute atomic E-state index is 13.3. The van der Waals surface area contributed by atoms with Gasteiger partial charge in [0.05, 0.1) is 32.0 Å². The van der Waals surface area contributed by atoms with Crippen molar-refractivity contribution in [1.29, 1.82) is 0 Å². The SMILES string of the molecule is CC/C=C\C/C=C\C/C=C\C/C=C\C/C=C\C/C=C\C/C=C\C/C=C\C/C=C\CCCCCC(=O)NC(COC1OC(CO)C(OC2OC(CO)C(O)C(O)C2O)C(O)C1O)C(O)/C=C/CCCCCCCCCCCCCCCCCCCCCCCCCCCCC. The summed E-state index contributed by atoms with van der Waals surface area (Å²) in [6.45, 7) is 2.69. The lowest BCUT2D eigenvalue weighted by Crippen LogP contribution is -2.65. The van der Waals surface area contributed by atoms with Crippen LogP contribution in [0.5, 0.6) is 0 Å². The fraction of sp³-hybridized carbons (Fsp3) is 0.738. The van der Waals surface area contributed by atoms with E-state index in [9.17, 15) is 45.6 Å². The Morgan fingerprint density at radius 2 is 0.734 bits per heavy atom. The molecule has 0 bridgehead atoms. The van der Waals surface area contributed by atoms with Crippen molar-refractivity contribution < 1.29 is 64.6 Å². The number of unbranched alkanes of at least 4 members (excludes halogenated alkanes) is 30. The molecule has 0 aromatic rings. The zero-order valence-corrected chi connectivity index (χ0v) is 58.9. The molecular weight excluding hydrogens is 1180 g/mol. The first kappa shape index (κ1) is 86.5. The highest BCUT2D eigenvalue weighted by molar-refractivity contribution is 5.76. The molecule has 0 aliphatic carbocycles. The predicted molar refractivity (Wildman–Crippen MR) is 387 cm³/mol. The third-order valence-electron chi connectivity index (χ3n) is 17.7. The summed E-state index contributed by atoms with van der Waals surface area (Å²) in [4.78, 5) is 13.3. The van der Waals surface area contributed by atoms with Crippen molar-refractivity contribution in [3.05, 3.63) is 122 Å². The molecule has 2 saturated heterocycles. The van der Waals surface area contributed by atoms with E-state index in [2.05, 4.69) is 129 Å². The monoisotopic (exact) mass is 1320 g/mol.